The predicted octanol–water partition coefficient (Wildman–Crippen LogP) is 2.08. The standard InChI is InChI=1S/C18H25NO6/c1-23-15-7-13(8-16(9-15)24-2)11-19(12-18(21)22)17(20)10-14-5-3-4-6-25-14/h7-9,14H,3-6,10-12H2,1-2H3,(H,21,22). The Morgan fingerprint density at radius 3 is 2.40 bits per heavy atom. The number of rotatable bonds is 8. The van der Waals surface area contributed by atoms with E-state index >= 15 is 0 Å². The van der Waals surface area contributed by atoms with Crippen LogP contribution in [0.25, 0.3) is 0 Å². The summed E-state index contributed by atoms with van der Waals surface area (Å²) in [6.45, 7) is 0.473. The van der Waals surface area contributed by atoms with E-state index in [0.717, 1.165) is 24.8 Å². The Balaban J connectivity index is 2.10. The first-order chi connectivity index (χ1) is 12.0. The highest BCUT2D eigenvalue weighted by Gasteiger charge is 2.23. The minimum absolute atomic E-state index is 0.127. The number of amides is 1. The zero-order chi connectivity index (χ0) is 18.2. The van der Waals surface area contributed by atoms with E-state index < -0.39 is 5.97 Å². The van der Waals surface area contributed by atoms with Gasteiger partial charge < -0.3 is 24.2 Å². The average molecular weight is 351 g/mol. The third kappa shape index (κ3) is 5.94. The van der Waals surface area contributed by atoms with Gasteiger partial charge in [-0.05, 0) is 37.0 Å². The van der Waals surface area contributed by atoms with Crippen LogP contribution in [0.2, 0.25) is 0 Å². The summed E-state index contributed by atoms with van der Waals surface area (Å²) in [7, 11) is 3.08. The Morgan fingerprint density at radius 2 is 1.88 bits per heavy atom. The van der Waals surface area contributed by atoms with E-state index in [4.69, 9.17) is 19.3 Å². The lowest BCUT2D eigenvalue weighted by Gasteiger charge is -2.26. The zero-order valence-electron chi connectivity index (χ0n) is 14.7. The van der Waals surface area contributed by atoms with E-state index in [0.29, 0.717) is 18.1 Å². The summed E-state index contributed by atoms with van der Waals surface area (Å²) in [5.41, 5.74) is 0.746. The number of methoxy groups -OCH3 is 2. The molecule has 0 radical (unpaired) electrons. The molecule has 1 amide bonds. The molecule has 0 bridgehead atoms. The quantitative estimate of drug-likeness (QED) is 0.772. The van der Waals surface area contributed by atoms with Gasteiger partial charge in [0.2, 0.25) is 5.91 Å². The molecule has 0 saturated carbocycles. The van der Waals surface area contributed by atoms with Crippen molar-refractivity contribution in [3.05, 3.63) is 23.8 Å². The summed E-state index contributed by atoms with van der Waals surface area (Å²) in [4.78, 5) is 25.1. The number of hydrogen-bond acceptors (Lipinski definition) is 5. The van der Waals surface area contributed by atoms with E-state index in [1.807, 2.05) is 0 Å². The second-order valence-electron chi connectivity index (χ2n) is 6.06. The third-order valence-corrected chi connectivity index (χ3v) is 4.14. The van der Waals surface area contributed by atoms with Gasteiger partial charge in [-0.3, -0.25) is 9.59 Å². The van der Waals surface area contributed by atoms with Gasteiger partial charge in [0.1, 0.15) is 18.0 Å². The van der Waals surface area contributed by atoms with Gasteiger partial charge in [0.25, 0.3) is 0 Å². The van der Waals surface area contributed by atoms with Crippen molar-refractivity contribution in [1.29, 1.82) is 0 Å². The van der Waals surface area contributed by atoms with Crippen molar-refractivity contribution in [2.45, 2.75) is 38.3 Å². The van der Waals surface area contributed by atoms with E-state index in [1.54, 1.807) is 32.4 Å². The van der Waals surface area contributed by atoms with Crippen LogP contribution in [0.3, 0.4) is 0 Å². The molecule has 1 aromatic carbocycles. The summed E-state index contributed by atoms with van der Waals surface area (Å²) >= 11 is 0. The van der Waals surface area contributed by atoms with Crippen molar-refractivity contribution in [3.8, 4) is 11.5 Å². The lowest BCUT2D eigenvalue weighted by molar-refractivity contribution is -0.146. The van der Waals surface area contributed by atoms with Crippen LogP contribution in [-0.2, 0) is 20.9 Å². The first kappa shape index (κ1) is 19.1. The molecule has 1 N–H and O–H groups in total. The number of carbonyl (C=O) groups excluding carboxylic acids is 1. The molecule has 1 atom stereocenters. The molecule has 0 aliphatic carbocycles. The molecule has 7 heteroatoms. The highest BCUT2D eigenvalue weighted by Crippen LogP contribution is 2.24. The summed E-state index contributed by atoms with van der Waals surface area (Å²) in [5.74, 6) is -0.0933. The summed E-state index contributed by atoms with van der Waals surface area (Å²) < 4.78 is 16.0. The number of ether oxygens (including phenoxy) is 3. The second kappa shape index (κ2) is 9.27. The minimum atomic E-state index is -1.05. The second-order valence-corrected chi connectivity index (χ2v) is 6.06. The highest BCUT2D eigenvalue weighted by atomic mass is 16.5. The van der Waals surface area contributed by atoms with E-state index in [9.17, 15) is 9.59 Å². The molecule has 0 spiro atoms. The first-order valence-electron chi connectivity index (χ1n) is 8.35. The number of carboxylic acids is 1. The SMILES string of the molecule is COc1cc(CN(CC(=O)O)C(=O)CC2CCCCO2)cc(OC)c1. The maximum Gasteiger partial charge on any atom is 0.323 e. The van der Waals surface area contributed by atoms with Crippen LogP contribution in [0, 0.1) is 0 Å². The fraction of sp³-hybridized carbons (Fsp3) is 0.556. The van der Waals surface area contributed by atoms with Crippen LogP contribution in [0.1, 0.15) is 31.2 Å². The van der Waals surface area contributed by atoms with E-state index in [1.165, 1.54) is 4.90 Å². The lowest BCUT2D eigenvalue weighted by Crippen LogP contribution is -2.38. The predicted molar refractivity (Wildman–Crippen MR) is 90.8 cm³/mol. The number of nitrogens with zero attached hydrogens (tertiary/aromatic N) is 1. The number of benzene rings is 1. The number of carbonyl (C=O) groups is 2. The molecule has 1 saturated heterocycles. The number of carboxylic acid groups (broad SMARTS) is 1. The van der Waals surface area contributed by atoms with Gasteiger partial charge in [0.15, 0.2) is 0 Å². The van der Waals surface area contributed by atoms with Crippen LogP contribution in [0.5, 0.6) is 11.5 Å². The van der Waals surface area contributed by atoms with Crippen LogP contribution >= 0.6 is 0 Å². The van der Waals surface area contributed by atoms with Crippen molar-refractivity contribution >= 4 is 11.9 Å². The molecule has 7 nitrogen and oxygen atoms in total. The topological polar surface area (TPSA) is 85.3 Å². The molecule has 138 valence electrons. The van der Waals surface area contributed by atoms with Gasteiger partial charge in [0.05, 0.1) is 26.7 Å². The Morgan fingerprint density at radius 1 is 1.20 bits per heavy atom. The summed E-state index contributed by atoms with van der Waals surface area (Å²) in [6.07, 6.45) is 2.95. The van der Waals surface area contributed by atoms with E-state index in [2.05, 4.69) is 0 Å². The monoisotopic (exact) mass is 351 g/mol. The maximum atomic E-state index is 12.6. The van der Waals surface area contributed by atoms with Gasteiger partial charge in [-0.15, -0.1) is 0 Å². The molecular formula is C18H25NO6. The molecule has 1 aromatic rings. The van der Waals surface area contributed by atoms with Gasteiger partial charge in [-0.1, -0.05) is 0 Å². The molecule has 1 aliphatic heterocycles. The van der Waals surface area contributed by atoms with Crippen molar-refractivity contribution in [2.75, 3.05) is 27.4 Å². The molecule has 1 aliphatic rings. The Bertz CT molecular complexity index is 575. The van der Waals surface area contributed by atoms with Gasteiger partial charge in [-0.2, -0.15) is 0 Å². The normalized spacial score (nSPS) is 17.0. The maximum absolute atomic E-state index is 12.6. The third-order valence-electron chi connectivity index (χ3n) is 4.14. The lowest BCUT2D eigenvalue weighted by atomic mass is 10.1. The summed E-state index contributed by atoms with van der Waals surface area (Å²) in [6, 6.07) is 5.26. The largest absolute Gasteiger partial charge is 0.497 e. The molecule has 0 aromatic heterocycles. The van der Waals surface area contributed by atoms with Gasteiger partial charge in [0, 0.05) is 19.2 Å². The molecule has 1 unspecified atom stereocenters. The fourth-order valence-corrected chi connectivity index (χ4v) is 2.87. The van der Waals surface area contributed by atoms with Crippen molar-refractivity contribution in [1.82, 2.24) is 4.90 Å². The van der Waals surface area contributed by atoms with Gasteiger partial charge in [-0.25, -0.2) is 0 Å². The Labute approximate surface area is 147 Å². The highest BCUT2D eigenvalue weighted by molar-refractivity contribution is 5.81. The van der Waals surface area contributed by atoms with Crippen molar-refractivity contribution in [2.24, 2.45) is 0 Å². The first-order valence-corrected chi connectivity index (χ1v) is 8.35. The number of aliphatic carboxylic acids is 1. The molecule has 1 heterocycles. The van der Waals surface area contributed by atoms with Crippen molar-refractivity contribution < 1.29 is 28.9 Å². The van der Waals surface area contributed by atoms with E-state index in [-0.39, 0.29) is 31.5 Å². The number of hydrogen-bond donors (Lipinski definition) is 1. The van der Waals surface area contributed by atoms with Crippen LogP contribution in [-0.4, -0.2) is 55.4 Å². The molecule has 25 heavy (non-hydrogen) atoms. The molecular weight excluding hydrogens is 326 g/mol. The fourth-order valence-electron chi connectivity index (χ4n) is 2.87. The molecule has 2 rings (SSSR count). The average Bonchev–Trinajstić information content (AvgIpc) is 2.61. The van der Waals surface area contributed by atoms with Gasteiger partial charge >= 0.3 is 5.97 Å². The minimum Gasteiger partial charge on any atom is -0.497 e. The Hall–Kier alpha value is -2.28. The molecule has 1 fully saturated rings. The Kier molecular flexibility index (Phi) is 7.06. The van der Waals surface area contributed by atoms with Crippen LogP contribution in [0.15, 0.2) is 18.2 Å². The smallest absolute Gasteiger partial charge is 0.323 e. The summed E-state index contributed by atoms with van der Waals surface area (Å²) in [5, 5.41) is 9.14. The van der Waals surface area contributed by atoms with Crippen LogP contribution in [0.4, 0.5) is 0 Å². The van der Waals surface area contributed by atoms with Crippen LogP contribution < -0.4 is 9.47 Å². The zero-order valence-corrected chi connectivity index (χ0v) is 14.7. The van der Waals surface area contributed by atoms with Crippen molar-refractivity contribution in [3.63, 3.8) is 0 Å².